The van der Waals surface area contributed by atoms with Crippen LogP contribution >= 0.6 is 85.8 Å². The predicted octanol–water partition coefficient (Wildman–Crippen LogP) is 18.0. The average Bonchev–Trinajstić information content (AvgIpc) is 1.90. The third-order valence-electron chi connectivity index (χ3n) is 12.7. The van der Waals surface area contributed by atoms with Gasteiger partial charge in [0.1, 0.15) is 53.1 Å². The molecule has 93 heavy (non-hydrogen) atoms. The second-order valence-corrected chi connectivity index (χ2v) is 23.9. The van der Waals surface area contributed by atoms with Crippen LogP contribution < -0.4 is 27.0 Å². The smallest absolute Gasteiger partial charge is 0.322 e. The average molecular weight is 1460 g/mol. The number of hydrogen-bond acceptors (Lipinski definition) is 15. The molecule has 10 rings (SSSR count). The summed E-state index contributed by atoms with van der Waals surface area (Å²) in [6.45, 7) is 5.45. The van der Waals surface area contributed by atoms with E-state index in [9.17, 15) is 53.9 Å². The Bertz CT molecular complexity index is 4110. The van der Waals surface area contributed by atoms with Crippen molar-refractivity contribution in [3.8, 4) is 0 Å². The Kier molecular flexibility index (Phi) is 25.0. The van der Waals surface area contributed by atoms with Gasteiger partial charge in [-0.2, -0.15) is 39.5 Å². The van der Waals surface area contributed by atoms with Gasteiger partial charge >= 0.3 is 18.5 Å². The van der Waals surface area contributed by atoms with Gasteiger partial charge in [0.25, 0.3) is 17.7 Å². The summed E-state index contributed by atoms with van der Waals surface area (Å²) in [6, 6.07) is 40.7. The van der Waals surface area contributed by atoms with Gasteiger partial charge in [-0.1, -0.05) is 156 Å². The molecule has 3 amide bonds. The summed E-state index contributed by atoms with van der Waals surface area (Å²) in [7, 11) is 0. The minimum atomic E-state index is -4.67. The van der Waals surface area contributed by atoms with Gasteiger partial charge in [-0.25, -0.2) is 29.9 Å². The number of benzene rings is 4. The first-order valence-electron chi connectivity index (χ1n) is 26.9. The zero-order chi connectivity index (χ0) is 66.5. The Labute approximate surface area is 562 Å². The summed E-state index contributed by atoms with van der Waals surface area (Å²) < 4.78 is 117. The number of aromatic nitrogens is 6. The van der Waals surface area contributed by atoms with Crippen molar-refractivity contribution in [1.82, 2.24) is 35.2 Å². The summed E-state index contributed by atoms with van der Waals surface area (Å²) in [5.41, 5.74) is 7.19. The van der Waals surface area contributed by atoms with Gasteiger partial charge in [-0.3, -0.25) is 24.7 Å². The van der Waals surface area contributed by atoms with Gasteiger partial charge in [0, 0.05) is 18.6 Å². The third kappa shape index (κ3) is 20.0. The predicted molar refractivity (Wildman–Crippen MR) is 349 cm³/mol. The highest BCUT2D eigenvalue weighted by Crippen LogP contribution is 2.39. The zero-order valence-electron chi connectivity index (χ0n) is 48.2. The minimum Gasteiger partial charge on any atom is -0.322 e. The van der Waals surface area contributed by atoms with Crippen molar-refractivity contribution in [3.63, 3.8) is 0 Å². The van der Waals surface area contributed by atoms with E-state index in [2.05, 4.69) is 51.2 Å². The fourth-order valence-corrected chi connectivity index (χ4v) is 11.3. The first-order valence-corrected chi connectivity index (χ1v) is 30.5. The number of amides is 3. The minimum absolute atomic E-state index is 0. The molecule has 0 fully saturated rings. The van der Waals surface area contributed by atoms with Crippen LogP contribution in [0.25, 0.3) is 0 Å². The van der Waals surface area contributed by atoms with E-state index in [1.54, 1.807) is 13.8 Å². The molecule has 6 N–H and O–H groups in total. The second-order valence-electron chi connectivity index (χ2n) is 19.5. The molecule has 31 heteroatoms. The number of hydrogen-bond donors (Lipinski definition) is 5. The van der Waals surface area contributed by atoms with Gasteiger partial charge in [-0.05, 0) is 61.2 Å². The molecule has 0 aliphatic heterocycles. The van der Waals surface area contributed by atoms with Crippen LogP contribution in [-0.4, -0.2) is 53.3 Å². The molecule has 0 spiro atoms. The molecule has 0 bridgehead atoms. The Hall–Kier alpha value is -8.06. The lowest BCUT2D eigenvalue weighted by Crippen LogP contribution is -2.25. The van der Waals surface area contributed by atoms with Crippen molar-refractivity contribution in [2.24, 2.45) is 10.7 Å². The van der Waals surface area contributed by atoms with Crippen LogP contribution in [-0.2, 0) is 18.5 Å². The molecule has 4 aromatic carbocycles. The number of alkyl halides is 9. The molecule has 0 aliphatic rings. The molecule has 6 heterocycles. The Morgan fingerprint density at radius 1 is 0.473 bits per heavy atom. The van der Waals surface area contributed by atoms with Gasteiger partial charge in [0.15, 0.2) is 0 Å². The highest BCUT2D eigenvalue weighted by Gasteiger charge is 2.36. The summed E-state index contributed by atoms with van der Waals surface area (Å²) in [6.07, 6.45) is -7.36. The lowest BCUT2D eigenvalue weighted by molar-refractivity contribution is -0.138. The summed E-state index contributed by atoms with van der Waals surface area (Å²) in [4.78, 5) is 66.6. The van der Waals surface area contributed by atoms with Crippen LogP contribution in [0.4, 0.5) is 57.0 Å². The number of nitrogens with one attached hydrogen (secondary N) is 4. The van der Waals surface area contributed by atoms with Gasteiger partial charge in [-0.15, -0.1) is 51.0 Å². The standard InChI is InChI=1S/C25H20ClF3N4OS.C25H18ClF3N4OS.C12H10ClF3N4OS.BrH/c2*1-15(32-22(16-8-4-2-5-9-16)17-10-6-3-7-11-17)24-31-14-20(35-24)23(34)33-21-12-18(25(27,28)29)19(26)13-30-21;1-5(17)11-19-4-8(22-11)10(21)20-9-2-6(12(14,15)16)7(13)3-18-9;/h2-15,22,32H,1H3,(H,30,33,34);2-14,22H,1H3,(H,30,33,34);2-5H,17H2,1H3,(H,18,20,21);1H/t15-;;5-;/m1.1./s1. The highest BCUT2D eigenvalue weighted by molar-refractivity contribution is 8.93. The van der Waals surface area contributed by atoms with Crippen molar-refractivity contribution in [2.45, 2.75) is 63.5 Å². The number of nitrogens with zero attached hydrogens (tertiary/aromatic N) is 7. The molecule has 0 radical (unpaired) electrons. The monoisotopic (exact) mass is 1460 g/mol. The fourth-order valence-electron chi connectivity index (χ4n) is 8.31. The zero-order valence-corrected chi connectivity index (χ0v) is 54.6. The van der Waals surface area contributed by atoms with E-state index >= 15 is 0 Å². The van der Waals surface area contributed by atoms with E-state index in [4.69, 9.17) is 45.5 Å². The van der Waals surface area contributed by atoms with E-state index in [0.29, 0.717) is 38.9 Å². The highest BCUT2D eigenvalue weighted by atomic mass is 79.9. The van der Waals surface area contributed by atoms with E-state index in [0.717, 1.165) is 74.9 Å². The van der Waals surface area contributed by atoms with E-state index in [1.165, 1.54) is 18.6 Å². The fraction of sp³-hybridized carbons (Fsp3) is 0.161. The second kappa shape index (κ2) is 32.2. The summed E-state index contributed by atoms with van der Waals surface area (Å²) in [5.74, 6) is -2.62. The van der Waals surface area contributed by atoms with Crippen molar-refractivity contribution >= 4 is 127 Å². The van der Waals surface area contributed by atoms with Crippen LogP contribution in [0.5, 0.6) is 0 Å². The molecular weight excluding hydrogens is 1410 g/mol. The molecule has 10 aromatic rings. The van der Waals surface area contributed by atoms with Crippen molar-refractivity contribution in [2.75, 3.05) is 16.0 Å². The Balaban J connectivity index is 0.000000202. The van der Waals surface area contributed by atoms with Gasteiger partial charge in [0.2, 0.25) is 0 Å². The SMILES string of the molecule is Br.CC(=NC(c1ccccc1)c1ccccc1)c1ncc(C(=O)Nc2cc(C(F)(F)F)c(Cl)cn2)s1.C[C@@H](N)c1ncc(C(=O)Nc2cc(C(F)(F)F)c(Cl)cn2)s1.C[C@@H](NC(c1ccccc1)c1ccccc1)c1ncc(C(=O)Nc2cc(C(F)(F)F)c(Cl)cn2)s1. The maximum absolute atomic E-state index is 13.1. The number of aliphatic imine (C=N–C) groups is 1. The number of thiazole rings is 3. The van der Waals surface area contributed by atoms with E-state index < -0.39 is 68.0 Å². The van der Waals surface area contributed by atoms with Crippen LogP contribution in [0.3, 0.4) is 0 Å². The topological polar surface area (TPSA) is 215 Å². The molecule has 0 saturated heterocycles. The number of rotatable bonds is 16. The molecule has 0 saturated carbocycles. The number of anilines is 3. The number of pyridine rings is 3. The van der Waals surface area contributed by atoms with Gasteiger partial charge < -0.3 is 21.7 Å². The van der Waals surface area contributed by atoms with Crippen LogP contribution in [0.1, 0.15) is 128 Å². The number of carbonyl (C=O) groups excluding carboxylic acids is 3. The maximum Gasteiger partial charge on any atom is 0.418 e. The molecule has 0 unspecified atom stereocenters. The Morgan fingerprint density at radius 3 is 1.14 bits per heavy atom. The normalized spacial score (nSPS) is 12.3. The summed E-state index contributed by atoms with van der Waals surface area (Å²) >= 11 is 19.9. The lowest BCUT2D eigenvalue weighted by atomic mass is 9.98. The van der Waals surface area contributed by atoms with Crippen molar-refractivity contribution in [1.29, 1.82) is 0 Å². The maximum atomic E-state index is 13.1. The largest absolute Gasteiger partial charge is 0.418 e. The molecule has 15 nitrogen and oxygen atoms in total. The molecule has 2 atom stereocenters. The lowest BCUT2D eigenvalue weighted by Gasteiger charge is -2.23. The molecule has 0 aliphatic carbocycles. The first-order chi connectivity index (χ1) is 43.6. The molecule has 484 valence electrons. The first kappa shape index (κ1) is 72.4. The molecular formula is C62H49BrCl3F9N12O3S3. The Morgan fingerprint density at radius 2 is 0.796 bits per heavy atom. The van der Waals surface area contributed by atoms with E-state index in [-0.39, 0.29) is 73.2 Å². The summed E-state index contributed by atoms with van der Waals surface area (Å²) in [5, 5.41) is 10.7. The van der Waals surface area contributed by atoms with Crippen molar-refractivity contribution in [3.05, 3.63) is 260 Å². The number of halogens is 13. The quantitative estimate of drug-likeness (QED) is 0.0453. The third-order valence-corrected chi connectivity index (χ3v) is 17.1. The van der Waals surface area contributed by atoms with Gasteiger partial charge in [0.05, 0.1) is 74.2 Å². The van der Waals surface area contributed by atoms with Crippen molar-refractivity contribution < 1.29 is 53.9 Å². The van der Waals surface area contributed by atoms with Crippen LogP contribution in [0.15, 0.2) is 182 Å². The van der Waals surface area contributed by atoms with Crippen LogP contribution in [0, 0.1) is 0 Å². The molecule has 6 aromatic heterocycles. The number of carbonyl (C=O) groups is 3. The van der Waals surface area contributed by atoms with Crippen LogP contribution in [0.2, 0.25) is 15.1 Å². The van der Waals surface area contributed by atoms with E-state index in [1.807, 2.05) is 128 Å². The number of nitrogens with two attached hydrogens (primary N) is 1.